The van der Waals surface area contributed by atoms with Crippen LogP contribution in [0.25, 0.3) is 0 Å². The van der Waals surface area contributed by atoms with Gasteiger partial charge in [-0.1, -0.05) is 18.2 Å². The van der Waals surface area contributed by atoms with Crippen LogP contribution in [0.4, 0.5) is 18.9 Å². The lowest BCUT2D eigenvalue weighted by molar-refractivity contribution is -0.271. The van der Waals surface area contributed by atoms with E-state index in [1.165, 1.54) is 25.2 Å². The molecule has 1 amide bonds. The fourth-order valence-electron chi connectivity index (χ4n) is 3.52. The maximum atomic E-state index is 13.7. The number of halogens is 3. The monoisotopic (exact) mass is 426 g/mol. The summed E-state index contributed by atoms with van der Waals surface area (Å²) in [6.07, 6.45) is -3.77. The Hall–Kier alpha value is -2.59. The van der Waals surface area contributed by atoms with Gasteiger partial charge in [0.1, 0.15) is 0 Å². The summed E-state index contributed by atoms with van der Waals surface area (Å²) >= 11 is 0. The number of anilines is 1. The number of aromatic nitrogens is 2. The van der Waals surface area contributed by atoms with E-state index in [2.05, 4.69) is 9.88 Å². The number of aryl methyl sites for hydroxylation is 1. The van der Waals surface area contributed by atoms with Gasteiger partial charge in [0, 0.05) is 51.8 Å². The molecule has 0 saturated carbocycles. The van der Waals surface area contributed by atoms with E-state index in [4.69, 9.17) is 4.74 Å². The van der Waals surface area contributed by atoms with E-state index >= 15 is 0 Å². The predicted octanol–water partition coefficient (Wildman–Crippen LogP) is 2.06. The minimum Gasteiger partial charge on any atom is -0.378 e. The molecule has 0 bridgehead atoms. The van der Waals surface area contributed by atoms with Gasteiger partial charge in [0.15, 0.2) is 5.82 Å². The molecular weight excluding hydrogens is 401 g/mol. The highest BCUT2D eigenvalue weighted by molar-refractivity contribution is 5.77. The zero-order valence-electron chi connectivity index (χ0n) is 16.9. The highest BCUT2D eigenvalue weighted by atomic mass is 19.4. The van der Waals surface area contributed by atoms with Gasteiger partial charge in [0.2, 0.25) is 11.5 Å². The molecule has 1 fully saturated rings. The number of rotatable bonds is 6. The predicted molar refractivity (Wildman–Crippen MR) is 104 cm³/mol. The number of nitrogens with zero attached hydrogens (tertiary/aromatic N) is 4. The zero-order chi connectivity index (χ0) is 21.9. The van der Waals surface area contributed by atoms with Crippen molar-refractivity contribution in [2.45, 2.75) is 24.7 Å². The van der Waals surface area contributed by atoms with Crippen molar-refractivity contribution in [3.63, 3.8) is 0 Å². The first-order valence-electron chi connectivity index (χ1n) is 9.55. The summed E-state index contributed by atoms with van der Waals surface area (Å²) in [5.41, 5.74) is -1.65. The van der Waals surface area contributed by atoms with E-state index in [0.717, 1.165) is 22.0 Å². The van der Waals surface area contributed by atoms with Crippen LogP contribution in [0.2, 0.25) is 0 Å². The van der Waals surface area contributed by atoms with Crippen LogP contribution in [0.5, 0.6) is 0 Å². The Balaban J connectivity index is 1.78. The first-order valence-corrected chi connectivity index (χ1v) is 9.55. The van der Waals surface area contributed by atoms with Crippen molar-refractivity contribution < 1.29 is 27.8 Å². The number of alkyl halides is 3. The second kappa shape index (κ2) is 8.65. The number of amides is 1. The number of hydrogen-bond donors (Lipinski definition) is 1. The molecule has 10 heteroatoms. The van der Waals surface area contributed by atoms with Gasteiger partial charge in [0.25, 0.3) is 0 Å². The summed E-state index contributed by atoms with van der Waals surface area (Å²) in [5.74, 6) is -1.46. The minimum atomic E-state index is -5.06. The molecule has 1 aromatic heterocycles. The molecule has 30 heavy (non-hydrogen) atoms. The molecule has 2 heterocycles. The summed E-state index contributed by atoms with van der Waals surface area (Å²) in [6, 6.07) is 7.44. The zero-order valence-corrected chi connectivity index (χ0v) is 16.9. The Labute approximate surface area is 172 Å². The van der Waals surface area contributed by atoms with E-state index < -0.39 is 29.9 Å². The number of para-hydroxylation sites is 1. The Morgan fingerprint density at radius 1 is 1.27 bits per heavy atom. The van der Waals surface area contributed by atoms with Crippen LogP contribution in [0.15, 0.2) is 36.7 Å². The lowest BCUT2D eigenvalue weighted by Crippen LogP contribution is -2.48. The van der Waals surface area contributed by atoms with Gasteiger partial charge < -0.3 is 24.2 Å². The molecule has 7 nitrogen and oxygen atoms in total. The van der Waals surface area contributed by atoms with Gasteiger partial charge >= 0.3 is 6.18 Å². The molecule has 164 valence electrons. The number of morpholine rings is 1. The first kappa shape index (κ1) is 22.1. The lowest BCUT2D eigenvalue weighted by Gasteiger charge is -2.33. The highest BCUT2D eigenvalue weighted by Crippen LogP contribution is 2.41. The topological polar surface area (TPSA) is 70.8 Å². The van der Waals surface area contributed by atoms with E-state index in [0.29, 0.717) is 26.3 Å². The third kappa shape index (κ3) is 4.44. The summed E-state index contributed by atoms with van der Waals surface area (Å²) in [4.78, 5) is 19.6. The maximum absolute atomic E-state index is 13.7. The molecule has 2 aromatic rings. The van der Waals surface area contributed by atoms with Crippen LogP contribution >= 0.6 is 0 Å². The molecule has 0 spiro atoms. The van der Waals surface area contributed by atoms with Crippen molar-refractivity contribution >= 4 is 11.6 Å². The van der Waals surface area contributed by atoms with Crippen LogP contribution in [0.3, 0.4) is 0 Å². The number of aliphatic hydroxyl groups is 1. The molecule has 1 atom stereocenters. The summed E-state index contributed by atoms with van der Waals surface area (Å²) in [6.45, 7) is 2.68. The average Bonchev–Trinajstić information content (AvgIpc) is 3.14. The number of imidazole rings is 1. The van der Waals surface area contributed by atoms with Crippen LogP contribution in [0, 0.1) is 0 Å². The number of carbonyl (C=O) groups is 1. The van der Waals surface area contributed by atoms with Gasteiger partial charge in [-0.25, -0.2) is 4.98 Å². The second-order valence-electron chi connectivity index (χ2n) is 7.37. The van der Waals surface area contributed by atoms with Crippen molar-refractivity contribution in [3.8, 4) is 0 Å². The van der Waals surface area contributed by atoms with Crippen LogP contribution in [-0.2, 0) is 28.7 Å². The standard InChI is InChI=1S/C20H25F3N4O3/c1-25-8-7-24-18(25)19(29,20(21,22)23)13-17(28)26(2)14-15-5-3-4-6-16(15)27-9-11-30-12-10-27/h3-8,29H,9-14H2,1-2H3. The van der Waals surface area contributed by atoms with Crippen molar-refractivity contribution in [2.75, 3.05) is 38.3 Å². The second-order valence-corrected chi connectivity index (χ2v) is 7.37. The van der Waals surface area contributed by atoms with Gasteiger partial charge in [-0.2, -0.15) is 13.2 Å². The molecular formula is C20H25F3N4O3. The Kier molecular flexibility index (Phi) is 6.37. The molecule has 1 saturated heterocycles. The van der Waals surface area contributed by atoms with Crippen LogP contribution in [0.1, 0.15) is 17.8 Å². The summed E-state index contributed by atoms with van der Waals surface area (Å²) in [5, 5.41) is 10.5. The Morgan fingerprint density at radius 2 is 1.93 bits per heavy atom. The van der Waals surface area contributed by atoms with Crippen molar-refractivity contribution in [2.24, 2.45) is 7.05 Å². The van der Waals surface area contributed by atoms with Crippen molar-refractivity contribution in [1.82, 2.24) is 14.5 Å². The molecule has 0 aliphatic carbocycles. The first-order chi connectivity index (χ1) is 14.1. The number of hydrogen-bond acceptors (Lipinski definition) is 5. The number of carbonyl (C=O) groups excluding carboxylic acids is 1. The maximum Gasteiger partial charge on any atom is 0.425 e. The van der Waals surface area contributed by atoms with E-state index in [9.17, 15) is 23.1 Å². The largest absolute Gasteiger partial charge is 0.425 e. The van der Waals surface area contributed by atoms with Gasteiger partial charge in [-0.05, 0) is 11.6 Å². The smallest absolute Gasteiger partial charge is 0.378 e. The molecule has 1 aliphatic heterocycles. The normalized spacial score (nSPS) is 16.9. The fraction of sp³-hybridized carbons (Fsp3) is 0.500. The SMILES string of the molecule is CN(Cc1ccccc1N1CCOCC1)C(=O)CC(O)(c1nccn1C)C(F)(F)F. The number of ether oxygens (including phenoxy) is 1. The highest BCUT2D eigenvalue weighted by Gasteiger charge is 2.58. The fourth-order valence-corrected chi connectivity index (χ4v) is 3.52. The van der Waals surface area contributed by atoms with Crippen molar-refractivity contribution in [1.29, 1.82) is 0 Å². The Morgan fingerprint density at radius 3 is 2.53 bits per heavy atom. The molecule has 0 radical (unpaired) electrons. The molecule has 3 rings (SSSR count). The van der Waals surface area contributed by atoms with Gasteiger partial charge in [-0.15, -0.1) is 0 Å². The summed E-state index contributed by atoms with van der Waals surface area (Å²) < 4.78 is 47.6. The van der Waals surface area contributed by atoms with E-state index in [1.807, 2.05) is 24.3 Å². The van der Waals surface area contributed by atoms with Gasteiger partial charge in [0.05, 0.1) is 19.6 Å². The summed E-state index contributed by atoms with van der Waals surface area (Å²) in [7, 11) is 2.76. The minimum absolute atomic E-state index is 0.112. The molecule has 1 unspecified atom stereocenters. The lowest BCUT2D eigenvalue weighted by atomic mass is 9.96. The third-order valence-electron chi connectivity index (χ3n) is 5.24. The van der Waals surface area contributed by atoms with Crippen LogP contribution < -0.4 is 4.90 Å². The molecule has 1 aliphatic rings. The molecule has 1 aromatic carbocycles. The quantitative estimate of drug-likeness (QED) is 0.766. The van der Waals surface area contributed by atoms with Gasteiger partial charge in [-0.3, -0.25) is 4.79 Å². The number of benzene rings is 1. The van der Waals surface area contributed by atoms with E-state index in [1.54, 1.807) is 0 Å². The molecule has 1 N–H and O–H groups in total. The third-order valence-corrected chi connectivity index (χ3v) is 5.24. The average molecular weight is 426 g/mol. The van der Waals surface area contributed by atoms with Crippen LogP contribution in [-0.4, -0.2) is 65.0 Å². The van der Waals surface area contributed by atoms with Crippen molar-refractivity contribution in [3.05, 3.63) is 48.0 Å². The van der Waals surface area contributed by atoms with E-state index in [-0.39, 0.29) is 6.54 Å². The Bertz CT molecular complexity index is 880.